The molecule has 92 valence electrons. The summed E-state index contributed by atoms with van der Waals surface area (Å²) in [7, 11) is 0. The van der Waals surface area contributed by atoms with Crippen LogP contribution in [0.25, 0.3) is 0 Å². The molecule has 0 amide bonds. The van der Waals surface area contributed by atoms with E-state index in [1.54, 1.807) is 0 Å². The molecule has 0 bridgehead atoms. The van der Waals surface area contributed by atoms with Gasteiger partial charge in [-0.25, -0.2) is 0 Å². The molecule has 0 aromatic heterocycles. The number of carbonyl (C=O) groups is 1. The molecule has 1 rings (SSSR count). The van der Waals surface area contributed by atoms with E-state index in [2.05, 4.69) is 20.4 Å². The van der Waals surface area contributed by atoms with Gasteiger partial charge in [-0.2, -0.15) is 0 Å². The highest BCUT2D eigenvalue weighted by Gasteiger charge is 2.13. The molecule has 17 heavy (non-hydrogen) atoms. The lowest BCUT2D eigenvalue weighted by atomic mass is 9.95. The average molecular weight is 232 g/mol. The lowest BCUT2D eigenvalue weighted by Crippen LogP contribution is -2.03. The third-order valence-corrected chi connectivity index (χ3v) is 2.63. The summed E-state index contributed by atoms with van der Waals surface area (Å²) in [6.45, 7) is 10.5. The van der Waals surface area contributed by atoms with E-state index >= 15 is 0 Å². The van der Waals surface area contributed by atoms with E-state index in [4.69, 9.17) is 4.74 Å². The van der Waals surface area contributed by atoms with Crippen LogP contribution in [0.15, 0.2) is 24.8 Å². The maximum Gasteiger partial charge on any atom is 0.150 e. The molecule has 0 atom stereocenters. The number of ether oxygens (including phenoxy) is 1. The van der Waals surface area contributed by atoms with Gasteiger partial charge in [-0.05, 0) is 42.5 Å². The Hall–Kier alpha value is -1.57. The molecule has 2 heteroatoms. The molecule has 1 aromatic carbocycles. The molecule has 0 aliphatic heterocycles. The van der Waals surface area contributed by atoms with Gasteiger partial charge >= 0.3 is 0 Å². The first-order valence-corrected chi connectivity index (χ1v) is 5.99. The first kappa shape index (κ1) is 13.5. The number of aldehydes is 1. The van der Waals surface area contributed by atoms with Crippen LogP contribution in [0, 0.1) is 0 Å². The molecule has 0 saturated carbocycles. The minimum Gasteiger partial charge on any atom is -0.493 e. The first-order chi connectivity index (χ1) is 8.13. The second kappa shape index (κ2) is 6.24. The highest BCUT2D eigenvalue weighted by Crippen LogP contribution is 2.32. The highest BCUT2D eigenvalue weighted by molar-refractivity contribution is 5.76. The predicted molar refractivity (Wildman–Crippen MR) is 71.0 cm³/mol. The normalized spacial score (nSPS) is 10.4. The Balaban J connectivity index is 3.36. The van der Waals surface area contributed by atoms with Gasteiger partial charge in [0.05, 0.1) is 6.61 Å². The van der Waals surface area contributed by atoms with Crippen molar-refractivity contribution in [3.63, 3.8) is 0 Å². The number of hydrogen-bond donors (Lipinski definition) is 0. The van der Waals surface area contributed by atoms with Crippen LogP contribution >= 0.6 is 0 Å². The molecule has 0 N–H and O–H groups in total. The molecule has 1 aromatic rings. The van der Waals surface area contributed by atoms with Crippen LogP contribution in [-0.4, -0.2) is 12.9 Å². The Bertz CT molecular complexity index is 406. The summed E-state index contributed by atoms with van der Waals surface area (Å²) in [5, 5.41) is 0. The van der Waals surface area contributed by atoms with Crippen molar-refractivity contribution < 1.29 is 9.53 Å². The second-order valence-corrected chi connectivity index (χ2v) is 4.30. The summed E-state index contributed by atoms with van der Waals surface area (Å²) in [4.78, 5) is 10.9. The number of hydrogen-bond acceptors (Lipinski definition) is 2. The molecular weight excluding hydrogens is 212 g/mol. The van der Waals surface area contributed by atoms with E-state index in [0.717, 1.165) is 29.6 Å². The Labute approximate surface area is 103 Å². The van der Waals surface area contributed by atoms with E-state index in [0.29, 0.717) is 18.1 Å². The monoisotopic (exact) mass is 232 g/mol. The number of rotatable bonds is 6. The van der Waals surface area contributed by atoms with Crippen molar-refractivity contribution in [2.24, 2.45) is 0 Å². The van der Waals surface area contributed by atoms with Gasteiger partial charge in [0.1, 0.15) is 12.0 Å². The van der Waals surface area contributed by atoms with Gasteiger partial charge < -0.3 is 4.74 Å². The minimum atomic E-state index is 0.333. The van der Waals surface area contributed by atoms with Crippen molar-refractivity contribution in [3.8, 4) is 5.75 Å². The molecular formula is C15H20O2. The van der Waals surface area contributed by atoms with E-state index in [9.17, 15) is 4.79 Å². The average Bonchev–Trinajstić information content (AvgIpc) is 2.31. The molecule has 0 fully saturated rings. The van der Waals surface area contributed by atoms with Crippen molar-refractivity contribution in [2.45, 2.75) is 33.1 Å². The van der Waals surface area contributed by atoms with E-state index < -0.39 is 0 Å². The molecule has 0 radical (unpaired) electrons. The Kier molecular flexibility index (Phi) is 4.95. The number of benzene rings is 1. The number of carbonyl (C=O) groups excluding carboxylic acids is 1. The van der Waals surface area contributed by atoms with Crippen LogP contribution in [0.5, 0.6) is 5.75 Å². The molecule has 0 spiro atoms. The van der Waals surface area contributed by atoms with Gasteiger partial charge in [-0.3, -0.25) is 4.79 Å². The fourth-order valence-electron chi connectivity index (χ4n) is 1.86. The van der Waals surface area contributed by atoms with Gasteiger partial charge in [-0.1, -0.05) is 19.9 Å². The second-order valence-electron chi connectivity index (χ2n) is 4.30. The van der Waals surface area contributed by atoms with Crippen LogP contribution in [0.4, 0.5) is 0 Å². The van der Waals surface area contributed by atoms with E-state index in [-0.39, 0.29) is 0 Å². The molecule has 2 nitrogen and oxygen atoms in total. The first-order valence-electron chi connectivity index (χ1n) is 5.99. The maximum atomic E-state index is 10.9. The van der Waals surface area contributed by atoms with E-state index in [1.807, 2.05) is 25.1 Å². The fraction of sp³-hybridized carbons (Fsp3) is 0.400. The summed E-state index contributed by atoms with van der Waals surface area (Å²) in [5.41, 5.74) is 2.83. The van der Waals surface area contributed by atoms with Gasteiger partial charge in [0.25, 0.3) is 0 Å². The summed E-state index contributed by atoms with van der Waals surface area (Å²) < 4.78 is 5.72. The van der Waals surface area contributed by atoms with Crippen molar-refractivity contribution >= 4 is 6.29 Å². The summed E-state index contributed by atoms with van der Waals surface area (Å²) in [6, 6.07) is 3.79. The van der Waals surface area contributed by atoms with Gasteiger partial charge in [0.2, 0.25) is 0 Å². The van der Waals surface area contributed by atoms with Crippen LogP contribution in [0.1, 0.15) is 48.2 Å². The Morgan fingerprint density at radius 3 is 2.59 bits per heavy atom. The Morgan fingerprint density at radius 2 is 2.12 bits per heavy atom. The van der Waals surface area contributed by atoms with Gasteiger partial charge in [0, 0.05) is 5.56 Å². The molecule has 0 aliphatic carbocycles. The topological polar surface area (TPSA) is 26.3 Å². The molecule has 0 unspecified atom stereocenters. The quantitative estimate of drug-likeness (QED) is 0.551. The van der Waals surface area contributed by atoms with Gasteiger partial charge in [-0.15, -0.1) is 6.58 Å². The summed E-state index contributed by atoms with van der Waals surface area (Å²) >= 11 is 0. The predicted octanol–water partition coefficient (Wildman–Crippen LogP) is 3.75. The summed E-state index contributed by atoms with van der Waals surface area (Å²) in [5.74, 6) is 1.24. The SMILES string of the molecule is C=CCc1cc(C=O)cc(C(C)C)c1OCC. The zero-order valence-corrected chi connectivity index (χ0v) is 10.8. The maximum absolute atomic E-state index is 10.9. The van der Waals surface area contributed by atoms with Crippen LogP contribution < -0.4 is 4.74 Å². The van der Waals surface area contributed by atoms with Crippen molar-refractivity contribution in [3.05, 3.63) is 41.5 Å². The van der Waals surface area contributed by atoms with Crippen LogP contribution in [0.3, 0.4) is 0 Å². The van der Waals surface area contributed by atoms with Crippen LogP contribution in [0.2, 0.25) is 0 Å². The Morgan fingerprint density at radius 1 is 1.41 bits per heavy atom. The third-order valence-electron chi connectivity index (χ3n) is 2.63. The fourth-order valence-corrected chi connectivity index (χ4v) is 1.86. The number of allylic oxidation sites excluding steroid dienone is 1. The van der Waals surface area contributed by atoms with Crippen molar-refractivity contribution in [2.75, 3.05) is 6.61 Å². The standard InChI is InChI=1S/C15H20O2/c1-5-7-13-8-12(10-16)9-14(11(3)4)15(13)17-6-2/h5,8-11H,1,6-7H2,2-4H3. The zero-order valence-electron chi connectivity index (χ0n) is 10.8. The van der Waals surface area contributed by atoms with Crippen molar-refractivity contribution in [1.82, 2.24) is 0 Å². The lowest BCUT2D eigenvalue weighted by molar-refractivity contribution is 0.112. The van der Waals surface area contributed by atoms with Crippen molar-refractivity contribution in [1.29, 1.82) is 0 Å². The zero-order chi connectivity index (χ0) is 12.8. The van der Waals surface area contributed by atoms with Crippen LogP contribution in [-0.2, 0) is 6.42 Å². The van der Waals surface area contributed by atoms with E-state index in [1.165, 1.54) is 0 Å². The molecule has 0 aliphatic rings. The minimum absolute atomic E-state index is 0.333. The van der Waals surface area contributed by atoms with Gasteiger partial charge in [0.15, 0.2) is 0 Å². The molecule has 0 saturated heterocycles. The molecule has 0 heterocycles. The smallest absolute Gasteiger partial charge is 0.150 e. The lowest BCUT2D eigenvalue weighted by Gasteiger charge is -2.17. The largest absolute Gasteiger partial charge is 0.493 e. The third kappa shape index (κ3) is 3.19. The highest BCUT2D eigenvalue weighted by atomic mass is 16.5. The summed E-state index contributed by atoms with van der Waals surface area (Å²) in [6.07, 6.45) is 3.43.